The Kier molecular flexibility index (Phi) is 5.77. The number of carbonyl (C=O) groups is 1. The lowest BCUT2D eigenvalue weighted by atomic mass is 9.75. The second-order valence-corrected chi connectivity index (χ2v) is 5.58. The number of rotatable bonds is 6. The van der Waals surface area contributed by atoms with E-state index in [1.165, 1.54) is 0 Å². The van der Waals surface area contributed by atoms with Crippen LogP contribution in [0.25, 0.3) is 0 Å². The van der Waals surface area contributed by atoms with Crippen molar-refractivity contribution in [1.82, 2.24) is 0 Å². The van der Waals surface area contributed by atoms with E-state index < -0.39 is 5.41 Å². The number of carbonyl (C=O) groups excluding carboxylic acids is 1. The number of hydrogen-bond acceptors (Lipinski definition) is 2. The maximum absolute atomic E-state index is 11.8. The molecule has 0 saturated heterocycles. The Morgan fingerprint density at radius 3 is 2.19 bits per heavy atom. The predicted molar refractivity (Wildman–Crippen MR) is 68.2 cm³/mol. The molecular formula is C14H26O2. The predicted octanol–water partition coefficient (Wildman–Crippen LogP) is 3.96. The van der Waals surface area contributed by atoms with Crippen molar-refractivity contribution in [2.24, 2.45) is 10.8 Å². The Hall–Kier alpha value is -0.790. The van der Waals surface area contributed by atoms with Crippen LogP contribution in [-0.2, 0) is 9.53 Å². The fourth-order valence-electron chi connectivity index (χ4n) is 2.03. The van der Waals surface area contributed by atoms with Gasteiger partial charge in [-0.3, -0.25) is 4.79 Å². The normalized spacial score (nSPS) is 13.1. The molecule has 0 rings (SSSR count). The van der Waals surface area contributed by atoms with Crippen molar-refractivity contribution in [3.05, 3.63) is 12.2 Å². The highest BCUT2D eigenvalue weighted by Crippen LogP contribution is 2.35. The van der Waals surface area contributed by atoms with Gasteiger partial charge in [0.1, 0.15) is 0 Å². The molecule has 2 nitrogen and oxygen atoms in total. The van der Waals surface area contributed by atoms with Crippen molar-refractivity contribution in [2.45, 2.75) is 54.4 Å². The highest BCUT2D eigenvalue weighted by atomic mass is 16.5. The molecule has 0 aromatic heterocycles. The summed E-state index contributed by atoms with van der Waals surface area (Å²) in [6.07, 6.45) is 6.17. The number of hydrogen-bond donors (Lipinski definition) is 0. The van der Waals surface area contributed by atoms with Gasteiger partial charge in [0, 0.05) is 0 Å². The Morgan fingerprint density at radius 2 is 1.75 bits per heavy atom. The van der Waals surface area contributed by atoms with Gasteiger partial charge >= 0.3 is 5.97 Å². The molecule has 2 heteroatoms. The molecule has 0 spiro atoms. The molecule has 0 aromatic rings. The first kappa shape index (κ1) is 15.2. The Bertz CT molecular complexity index is 249. The van der Waals surface area contributed by atoms with Crippen LogP contribution in [0.3, 0.4) is 0 Å². The quantitative estimate of drug-likeness (QED) is 0.506. The fourth-order valence-corrected chi connectivity index (χ4v) is 2.03. The molecule has 0 fully saturated rings. The monoisotopic (exact) mass is 226 g/mol. The summed E-state index contributed by atoms with van der Waals surface area (Å²) in [5, 5.41) is 0. The summed E-state index contributed by atoms with van der Waals surface area (Å²) >= 11 is 0. The van der Waals surface area contributed by atoms with Gasteiger partial charge in [-0.05, 0) is 39.0 Å². The molecule has 0 aliphatic heterocycles. The fraction of sp³-hybridized carbons (Fsp3) is 0.786. The van der Waals surface area contributed by atoms with Crippen LogP contribution in [-0.4, -0.2) is 12.6 Å². The van der Waals surface area contributed by atoms with Crippen molar-refractivity contribution in [3.8, 4) is 0 Å². The molecule has 0 saturated carbocycles. The molecule has 0 radical (unpaired) electrons. The van der Waals surface area contributed by atoms with Crippen LogP contribution < -0.4 is 0 Å². The molecule has 0 unspecified atom stereocenters. The van der Waals surface area contributed by atoms with Gasteiger partial charge in [-0.15, -0.1) is 0 Å². The van der Waals surface area contributed by atoms with E-state index in [4.69, 9.17) is 4.74 Å². The van der Waals surface area contributed by atoms with Crippen molar-refractivity contribution in [1.29, 1.82) is 0 Å². The minimum absolute atomic E-state index is 0.0340. The summed E-state index contributed by atoms with van der Waals surface area (Å²) in [4.78, 5) is 11.8. The van der Waals surface area contributed by atoms with E-state index in [1.807, 2.05) is 20.8 Å². The topological polar surface area (TPSA) is 26.3 Å². The molecule has 0 aromatic carbocycles. The van der Waals surface area contributed by atoms with Crippen molar-refractivity contribution >= 4 is 5.97 Å². The summed E-state index contributed by atoms with van der Waals surface area (Å²) in [5.74, 6) is -0.104. The van der Waals surface area contributed by atoms with E-state index in [9.17, 15) is 4.79 Å². The third-order valence-corrected chi connectivity index (χ3v) is 2.53. The lowest BCUT2D eigenvalue weighted by molar-refractivity contribution is -0.154. The van der Waals surface area contributed by atoms with Crippen LogP contribution in [0, 0.1) is 10.8 Å². The van der Waals surface area contributed by atoms with Crippen LogP contribution in [0.4, 0.5) is 0 Å². The summed E-state index contributed by atoms with van der Waals surface area (Å²) in [5.41, 5.74) is -0.385. The van der Waals surface area contributed by atoms with E-state index in [0.29, 0.717) is 6.61 Å². The van der Waals surface area contributed by atoms with Gasteiger partial charge in [0.25, 0.3) is 0 Å². The van der Waals surface area contributed by atoms with E-state index >= 15 is 0 Å². The molecule has 94 valence electrons. The van der Waals surface area contributed by atoms with Gasteiger partial charge in [-0.1, -0.05) is 32.9 Å². The largest absolute Gasteiger partial charge is 0.466 e. The molecular weight excluding hydrogens is 200 g/mol. The maximum atomic E-state index is 11.8. The zero-order valence-corrected chi connectivity index (χ0v) is 11.6. The van der Waals surface area contributed by atoms with Gasteiger partial charge in [0.05, 0.1) is 12.0 Å². The molecule has 0 atom stereocenters. The average molecular weight is 226 g/mol. The number of allylic oxidation sites excluding steroid dienone is 2. The van der Waals surface area contributed by atoms with E-state index in [2.05, 4.69) is 32.9 Å². The van der Waals surface area contributed by atoms with Crippen molar-refractivity contribution in [2.75, 3.05) is 6.61 Å². The van der Waals surface area contributed by atoms with Crippen LogP contribution >= 0.6 is 0 Å². The lowest BCUT2D eigenvalue weighted by Crippen LogP contribution is -2.31. The van der Waals surface area contributed by atoms with E-state index in [0.717, 1.165) is 12.8 Å². The minimum Gasteiger partial charge on any atom is -0.466 e. The highest BCUT2D eigenvalue weighted by molar-refractivity contribution is 5.75. The highest BCUT2D eigenvalue weighted by Gasteiger charge is 2.34. The molecule has 0 aliphatic rings. The van der Waals surface area contributed by atoms with Gasteiger partial charge in [-0.25, -0.2) is 0 Å². The molecule has 0 aliphatic carbocycles. The van der Waals surface area contributed by atoms with E-state index in [-0.39, 0.29) is 11.4 Å². The van der Waals surface area contributed by atoms with Gasteiger partial charge in [0.15, 0.2) is 0 Å². The first-order valence-corrected chi connectivity index (χ1v) is 6.10. The van der Waals surface area contributed by atoms with Gasteiger partial charge in [-0.2, -0.15) is 0 Å². The first-order chi connectivity index (χ1) is 7.25. The lowest BCUT2D eigenvalue weighted by Gasteiger charge is -2.31. The van der Waals surface area contributed by atoms with Gasteiger partial charge < -0.3 is 4.74 Å². The second-order valence-electron chi connectivity index (χ2n) is 5.58. The summed E-state index contributed by atoms with van der Waals surface area (Å²) < 4.78 is 5.09. The Morgan fingerprint density at radius 1 is 1.19 bits per heavy atom. The Balaban J connectivity index is 4.56. The minimum atomic E-state index is -0.419. The van der Waals surface area contributed by atoms with Crippen LogP contribution in [0.2, 0.25) is 0 Å². The Labute approximate surface area is 100 Å². The second kappa shape index (κ2) is 6.07. The SMILES string of the molecule is CC/C=C/C(C)(C)CC(C)(C)C(=O)OCC. The average Bonchev–Trinajstić information content (AvgIpc) is 2.13. The van der Waals surface area contributed by atoms with Crippen molar-refractivity contribution in [3.63, 3.8) is 0 Å². The third kappa shape index (κ3) is 5.34. The van der Waals surface area contributed by atoms with E-state index in [1.54, 1.807) is 0 Å². The summed E-state index contributed by atoms with van der Waals surface area (Å²) in [6, 6.07) is 0. The molecule has 0 N–H and O–H groups in total. The zero-order valence-electron chi connectivity index (χ0n) is 11.6. The maximum Gasteiger partial charge on any atom is 0.311 e. The summed E-state index contributed by atoms with van der Waals surface area (Å²) in [6.45, 7) is 12.6. The van der Waals surface area contributed by atoms with Gasteiger partial charge in [0.2, 0.25) is 0 Å². The van der Waals surface area contributed by atoms with Crippen LogP contribution in [0.15, 0.2) is 12.2 Å². The molecule has 0 bridgehead atoms. The number of ether oxygens (including phenoxy) is 1. The standard InChI is InChI=1S/C14H26O2/c1-7-9-10-13(3,4)11-14(5,6)12(15)16-8-2/h9-10H,7-8,11H2,1-6H3/b10-9+. The molecule has 0 amide bonds. The zero-order chi connectivity index (χ0) is 12.8. The first-order valence-electron chi connectivity index (χ1n) is 6.10. The van der Waals surface area contributed by atoms with Crippen molar-refractivity contribution < 1.29 is 9.53 Å². The smallest absolute Gasteiger partial charge is 0.311 e. The summed E-state index contributed by atoms with van der Waals surface area (Å²) in [7, 11) is 0. The van der Waals surface area contributed by atoms with Crippen LogP contribution in [0.1, 0.15) is 54.4 Å². The number of esters is 1. The third-order valence-electron chi connectivity index (χ3n) is 2.53. The van der Waals surface area contributed by atoms with Crippen LogP contribution in [0.5, 0.6) is 0 Å². The molecule has 16 heavy (non-hydrogen) atoms. The molecule has 0 heterocycles.